The van der Waals surface area contributed by atoms with Gasteiger partial charge in [-0.1, -0.05) is 12.1 Å². The summed E-state index contributed by atoms with van der Waals surface area (Å²) in [6.45, 7) is 0. The zero-order valence-electron chi connectivity index (χ0n) is 8.94. The van der Waals surface area contributed by atoms with Crippen molar-refractivity contribution in [3.05, 3.63) is 35.6 Å². The third-order valence-corrected chi connectivity index (χ3v) is 3.10. The van der Waals surface area contributed by atoms with Crippen molar-refractivity contribution in [2.45, 2.75) is 12.8 Å². The van der Waals surface area contributed by atoms with Gasteiger partial charge >= 0.3 is 0 Å². The Labute approximate surface area is 94.2 Å². The molecule has 88 valence electrons. The highest BCUT2D eigenvalue weighted by Gasteiger charge is 2.08. The van der Waals surface area contributed by atoms with Gasteiger partial charge in [0.05, 0.1) is 5.75 Å². The molecular weight excluding hydrogens is 231 g/mol. The Morgan fingerprint density at radius 3 is 2.62 bits per heavy atom. The zero-order valence-corrected chi connectivity index (χ0v) is 9.76. The average Bonchev–Trinajstić information content (AvgIpc) is 2.15. The van der Waals surface area contributed by atoms with Gasteiger partial charge in [0.25, 0.3) is 0 Å². The molecule has 1 rings (SSSR count). The molecule has 0 atom stereocenters. The van der Waals surface area contributed by atoms with E-state index in [0.717, 1.165) is 12.3 Å². The van der Waals surface area contributed by atoms with E-state index in [4.69, 9.17) is 0 Å². The van der Waals surface area contributed by atoms with Crippen LogP contribution in [0, 0.1) is 5.82 Å². The number of carbonyl (C=O) groups excluding carboxylic acids is 1. The normalized spacial score (nSPS) is 11.4. The topological polar surface area (TPSA) is 51.2 Å². The molecule has 5 heteroatoms. The number of Topliss-reactive ketones (excluding diaryl/α,β-unsaturated/α-hetero) is 1. The summed E-state index contributed by atoms with van der Waals surface area (Å²) in [6, 6.07) is 5.39. The minimum Gasteiger partial charge on any atom is -0.294 e. The molecule has 3 nitrogen and oxygen atoms in total. The SMILES string of the molecule is CS(=O)(=O)CCCC(=O)c1cccc(F)c1. The Morgan fingerprint density at radius 2 is 2.06 bits per heavy atom. The van der Waals surface area contributed by atoms with Gasteiger partial charge in [-0.25, -0.2) is 12.8 Å². The van der Waals surface area contributed by atoms with Gasteiger partial charge in [-0.05, 0) is 18.6 Å². The molecule has 0 radical (unpaired) electrons. The highest BCUT2D eigenvalue weighted by molar-refractivity contribution is 7.90. The predicted octanol–water partition coefficient (Wildman–Crippen LogP) is 1.83. The highest BCUT2D eigenvalue weighted by Crippen LogP contribution is 2.08. The quantitative estimate of drug-likeness (QED) is 0.742. The maximum atomic E-state index is 12.8. The van der Waals surface area contributed by atoms with Gasteiger partial charge in [0.1, 0.15) is 15.7 Å². The first-order valence-electron chi connectivity index (χ1n) is 4.85. The molecule has 0 fully saturated rings. The second-order valence-corrected chi connectivity index (χ2v) is 5.93. The number of benzene rings is 1. The molecule has 0 spiro atoms. The Balaban J connectivity index is 2.54. The molecule has 1 aromatic rings. The number of halogens is 1. The lowest BCUT2D eigenvalue weighted by Crippen LogP contribution is -2.06. The van der Waals surface area contributed by atoms with Crippen LogP contribution < -0.4 is 0 Å². The molecule has 0 aromatic heterocycles. The maximum Gasteiger partial charge on any atom is 0.163 e. The van der Waals surface area contributed by atoms with E-state index in [9.17, 15) is 17.6 Å². The van der Waals surface area contributed by atoms with Crippen molar-refractivity contribution in [3.8, 4) is 0 Å². The standard InChI is InChI=1S/C11H13FO3S/c1-16(14,15)7-3-6-11(13)9-4-2-5-10(12)8-9/h2,4-5,8H,3,6-7H2,1H3. The fraction of sp³-hybridized carbons (Fsp3) is 0.364. The summed E-state index contributed by atoms with van der Waals surface area (Å²) in [5, 5.41) is 0. The van der Waals surface area contributed by atoms with Crippen molar-refractivity contribution < 1.29 is 17.6 Å². The molecule has 0 aliphatic carbocycles. The van der Waals surface area contributed by atoms with Crippen molar-refractivity contribution in [2.75, 3.05) is 12.0 Å². The van der Waals surface area contributed by atoms with Gasteiger partial charge < -0.3 is 0 Å². The highest BCUT2D eigenvalue weighted by atomic mass is 32.2. The molecule has 0 aliphatic heterocycles. The lowest BCUT2D eigenvalue weighted by molar-refractivity contribution is 0.0981. The van der Waals surface area contributed by atoms with E-state index < -0.39 is 15.7 Å². The van der Waals surface area contributed by atoms with E-state index in [2.05, 4.69) is 0 Å². The Morgan fingerprint density at radius 1 is 1.38 bits per heavy atom. The van der Waals surface area contributed by atoms with Crippen LogP contribution in [0.25, 0.3) is 0 Å². The van der Waals surface area contributed by atoms with E-state index in [0.29, 0.717) is 0 Å². The van der Waals surface area contributed by atoms with Gasteiger partial charge in [0.15, 0.2) is 5.78 Å². The fourth-order valence-electron chi connectivity index (χ4n) is 1.30. The minimum atomic E-state index is -3.04. The van der Waals surface area contributed by atoms with E-state index in [1.165, 1.54) is 18.2 Å². The fourth-order valence-corrected chi connectivity index (χ4v) is 1.97. The molecule has 0 unspecified atom stereocenters. The summed E-state index contributed by atoms with van der Waals surface area (Å²) in [5.74, 6) is -0.717. The first-order valence-corrected chi connectivity index (χ1v) is 6.91. The van der Waals surface area contributed by atoms with Crippen molar-refractivity contribution in [1.82, 2.24) is 0 Å². The van der Waals surface area contributed by atoms with Crippen molar-refractivity contribution in [3.63, 3.8) is 0 Å². The number of carbonyl (C=O) groups is 1. The second kappa shape index (κ2) is 5.21. The summed E-state index contributed by atoms with van der Waals surface area (Å²) in [4.78, 5) is 11.5. The molecule has 16 heavy (non-hydrogen) atoms. The van der Waals surface area contributed by atoms with Gasteiger partial charge in [-0.2, -0.15) is 0 Å². The van der Waals surface area contributed by atoms with Crippen LogP contribution in [0.4, 0.5) is 4.39 Å². The van der Waals surface area contributed by atoms with Crippen molar-refractivity contribution in [2.24, 2.45) is 0 Å². The molecule has 0 saturated heterocycles. The number of sulfone groups is 1. The van der Waals surface area contributed by atoms with Crippen molar-refractivity contribution in [1.29, 1.82) is 0 Å². The van der Waals surface area contributed by atoms with Gasteiger partial charge in [0, 0.05) is 18.2 Å². The van der Waals surface area contributed by atoms with Crippen LogP contribution in [0.3, 0.4) is 0 Å². The Kier molecular flexibility index (Phi) is 4.18. The summed E-state index contributed by atoms with van der Waals surface area (Å²) in [5.41, 5.74) is 0.286. The first kappa shape index (κ1) is 12.8. The van der Waals surface area contributed by atoms with Gasteiger partial charge in [-0.15, -0.1) is 0 Å². The van der Waals surface area contributed by atoms with Gasteiger partial charge in [-0.3, -0.25) is 4.79 Å². The number of ketones is 1. The lowest BCUT2D eigenvalue weighted by Gasteiger charge is -2.00. The van der Waals surface area contributed by atoms with Crippen LogP contribution >= 0.6 is 0 Å². The lowest BCUT2D eigenvalue weighted by atomic mass is 10.1. The summed E-state index contributed by atoms with van der Waals surface area (Å²) in [7, 11) is -3.04. The number of hydrogen-bond donors (Lipinski definition) is 0. The molecule has 1 aromatic carbocycles. The number of rotatable bonds is 5. The summed E-state index contributed by atoms with van der Waals surface area (Å²) in [6.07, 6.45) is 1.52. The molecule has 0 saturated carbocycles. The van der Waals surface area contributed by atoms with Crippen molar-refractivity contribution >= 4 is 15.6 Å². The molecular formula is C11H13FO3S. The summed E-state index contributed by atoms with van der Waals surface area (Å²) >= 11 is 0. The van der Waals surface area contributed by atoms with Crippen LogP contribution in [0.1, 0.15) is 23.2 Å². The Hall–Kier alpha value is -1.23. The molecule has 0 amide bonds. The van der Waals surface area contributed by atoms with Crippen LogP contribution in [-0.2, 0) is 9.84 Å². The molecule has 0 aliphatic rings. The van der Waals surface area contributed by atoms with E-state index in [1.807, 2.05) is 0 Å². The summed E-state index contributed by atoms with van der Waals surface area (Å²) < 4.78 is 34.5. The third kappa shape index (κ3) is 4.53. The zero-order chi connectivity index (χ0) is 12.2. The monoisotopic (exact) mass is 244 g/mol. The molecule has 0 heterocycles. The smallest absolute Gasteiger partial charge is 0.163 e. The largest absolute Gasteiger partial charge is 0.294 e. The minimum absolute atomic E-state index is 0.0198. The Bertz CT molecular complexity index is 480. The van der Waals surface area contributed by atoms with Crippen LogP contribution in [-0.4, -0.2) is 26.2 Å². The van der Waals surface area contributed by atoms with E-state index in [1.54, 1.807) is 0 Å². The number of hydrogen-bond acceptors (Lipinski definition) is 3. The van der Waals surface area contributed by atoms with Gasteiger partial charge in [0.2, 0.25) is 0 Å². The third-order valence-electron chi connectivity index (χ3n) is 2.07. The molecule has 0 bridgehead atoms. The average molecular weight is 244 g/mol. The van der Waals surface area contributed by atoms with E-state index in [-0.39, 0.29) is 29.9 Å². The van der Waals surface area contributed by atoms with Crippen LogP contribution in [0.2, 0.25) is 0 Å². The molecule has 0 N–H and O–H groups in total. The predicted molar refractivity (Wildman–Crippen MR) is 59.7 cm³/mol. The maximum absolute atomic E-state index is 12.8. The van der Waals surface area contributed by atoms with E-state index >= 15 is 0 Å². The van der Waals surface area contributed by atoms with Crippen LogP contribution in [0.5, 0.6) is 0 Å². The second-order valence-electron chi connectivity index (χ2n) is 3.67. The first-order chi connectivity index (χ1) is 7.38. The van der Waals surface area contributed by atoms with Crippen LogP contribution in [0.15, 0.2) is 24.3 Å².